The maximum absolute atomic E-state index is 3.61. The lowest BCUT2D eigenvalue weighted by molar-refractivity contribution is 0.0386. The van der Waals surface area contributed by atoms with Crippen LogP contribution in [-0.2, 0) is 0 Å². The van der Waals surface area contributed by atoms with Crippen LogP contribution in [0.1, 0.15) is 65.7 Å². The second kappa shape index (κ2) is 7.26. The maximum Gasteiger partial charge on any atom is 0.0251 e. The number of hydrogen-bond donors (Lipinski definition) is 1. The zero-order valence-corrected chi connectivity index (χ0v) is 14.4. The fourth-order valence-electron chi connectivity index (χ4n) is 4.72. The molecule has 0 radical (unpaired) electrons. The van der Waals surface area contributed by atoms with Crippen molar-refractivity contribution in [3.8, 4) is 0 Å². The molecular formula is C18H36N2. The Labute approximate surface area is 126 Å². The zero-order chi connectivity index (χ0) is 14.7. The summed E-state index contributed by atoms with van der Waals surface area (Å²) in [5.41, 5.74) is 0. The highest BCUT2D eigenvalue weighted by Gasteiger charge is 2.37. The van der Waals surface area contributed by atoms with Gasteiger partial charge in [-0.25, -0.2) is 0 Å². The van der Waals surface area contributed by atoms with E-state index in [1.54, 1.807) is 0 Å². The van der Waals surface area contributed by atoms with Crippen LogP contribution in [0.25, 0.3) is 0 Å². The second-order valence-corrected chi connectivity index (χ2v) is 7.77. The lowest BCUT2D eigenvalue weighted by Gasteiger charge is -2.47. The molecular weight excluding hydrogens is 244 g/mol. The van der Waals surface area contributed by atoms with Gasteiger partial charge < -0.3 is 5.32 Å². The molecule has 2 aliphatic carbocycles. The van der Waals surface area contributed by atoms with E-state index in [-0.39, 0.29) is 0 Å². The van der Waals surface area contributed by atoms with Gasteiger partial charge in [-0.2, -0.15) is 0 Å². The van der Waals surface area contributed by atoms with Crippen LogP contribution in [0.3, 0.4) is 0 Å². The SMILES string of the molecule is CNC1CCC(C(C)C)CC1N(C)C1CCCCC1C. The summed E-state index contributed by atoms with van der Waals surface area (Å²) < 4.78 is 0. The molecule has 0 heterocycles. The van der Waals surface area contributed by atoms with Gasteiger partial charge in [-0.05, 0) is 64.0 Å². The highest BCUT2D eigenvalue weighted by Crippen LogP contribution is 2.36. The first-order chi connectivity index (χ1) is 9.54. The topological polar surface area (TPSA) is 15.3 Å². The van der Waals surface area contributed by atoms with E-state index in [0.717, 1.165) is 29.8 Å². The molecule has 2 fully saturated rings. The minimum atomic E-state index is 0.698. The Morgan fingerprint density at radius 3 is 2.30 bits per heavy atom. The summed E-state index contributed by atoms with van der Waals surface area (Å²) in [6, 6.07) is 2.26. The van der Waals surface area contributed by atoms with Gasteiger partial charge in [-0.3, -0.25) is 4.90 Å². The van der Waals surface area contributed by atoms with Crippen LogP contribution in [0.4, 0.5) is 0 Å². The van der Waals surface area contributed by atoms with Gasteiger partial charge in [0.25, 0.3) is 0 Å². The first-order valence-corrected chi connectivity index (χ1v) is 8.93. The van der Waals surface area contributed by atoms with Crippen LogP contribution >= 0.6 is 0 Å². The predicted molar refractivity (Wildman–Crippen MR) is 88.0 cm³/mol. The van der Waals surface area contributed by atoms with E-state index in [1.807, 2.05) is 0 Å². The van der Waals surface area contributed by atoms with Gasteiger partial charge in [0.1, 0.15) is 0 Å². The smallest absolute Gasteiger partial charge is 0.0251 e. The molecule has 118 valence electrons. The largest absolute Gasteiger partial charge is 0.315 e. The Morgan fingerprint density at radius 1 is 1.00 bits per heavy atom. The molecule has 5 unspecified atom stereocenters. The summed E-state index contributed by atoms with van der Waals surface area (Å²) in [6.45, 7) is 7.28. The quantitative estimate of drug-likeness (QED) is 0.840. The van der Waals surface area contributed by atoms with Crippen molar-refractivity contribution in [3.63, 3.8) is 0 Å². The minimum Gasteiger partial charge on any atom is -0.315 e. The van der Waals surface area contributed by atoms with Gasteiger partial charge in [0.2, 0.25) is 0 Å². The zero-order valence-electron chi connectivity index (χ0n) is 14.4. The molecule has 20 heavy (non-hydrogen) atoms. The van der Waals surface area contributed by atoms with Gasteiger partial charge in [-0.1, -0.05) is 33.6 Å². The van der Waals surface area contributed by atoms with E-state index in [9.17, 15) is 0 Å². The van der Waals surface area contributed by atoms with Crippen molar-refractivity contribution in [2.24, 2.45) is 17.8 Å². The van der Waals surface area contributed by atoms with Crippen LogP contribution in [0.2, 0.25) is 0 Å². The molecule has 0 aromatic rings. The third-order valence-corrected chi connectivity index (χ3v) is 6.28. The Morgan fingerprint density at radius 2 is 1.70 bits per heavy atom. The average molecular weight is 280 g/mol. The van der Waals surface area contributed by atoms with Crippen LogP contribution in [0.15, 0.2) is 0 Å². The summed E-state index contributed by atoms with van der Waals surface area (Å²) in [4.78, 5) is 2.76. The van der Waals surface area contributed by atoms with Crippen molar-refractivity contribution >= 4 is 0 Å². The monoisotopic (exact) mass is 280 g/mol. The molecule has 2 nitrogen and oxygen atoms in total. The maximum atomic E-state index is 3.61. The molecule has 1 N–H and O–H groups in total. The summed E-state index contributed by atoms with van der Waals surface area (Å²) in [6.07, 6.45) is 9.88. The number of nitrogens with one attached hydrogen (secondary N) is 1. The molecule has 0 saturated heterocycles. The number of nitrogens with zero attached hydrogens (tertiary/aromatic N) is 1. The van der Waals surface area contributed by atoms with Crippen LogP contribution in [0.5, 0.6) is 0 Å². The summed E-state index contributed by atoms with van der Waals surface area (Å²) in [5.74, 6) is 2.64. The lowest BCUT2D eigenvalue weighted by atomic mass is 9.75. The Kier molecular flexibility index (Phi) is 5.92. The third kappa shape index (κ3) is 3.57. The normalized spacial score (nSPS) is 39.5. The highest BCUT2D eigenvalue weighted by molar-refractivity contribution is 4.94. The molecule has 0 aromatic carbocycles. The van der Waals surface area contributed by atoms with Crippen molar-refractivity contribution in [1.82, 2.24) is 10.2 Å². The first kappa shape index (κ1) is 16.3. The van der Waals surface area contributed by atoms with E-state index >= 15 is 0 Å². The van der Waals surface area contributed by atoms with Crippen molar-refractivity contribution in [1.29, 1.82) is 0 Å². The molecule has 2 saturated carbocycles. The summed E-state index contributed by atoms with van der Waals surface area (Å²) in [5, 5.41) is 3.61. The van der Waals surface area contributed by atoms with Gasteiger partial charge in [0, 0.05) is 18.1 Å². The molecule has 0 bridgehead atoms. The van der Waals surface area contributed by atoms with E-state index in [0.29, 0.717) is 6.04 Å². The van der Waals surface area contributed by atoms with Crippen molar-refractivity contribution in [3.05, 3.63) is 0 Å². The van der Waals surface area contributed by atoms with Gasteiger partial charge in [-0.15, -0.1) is 0 Å². The third-order valence-electron chi connectivity index (χ3n) is 6.28. The van der Waals surface area contributed by atoms with Crippen molar-refractivity contribution in [2.45, 2.75) is 83.8 Å². The summed E-state index contributed by atoms with van der Waals surface area (Å²) in [7, 11) is 4.57. The van der Waals surface area contributed by atoms with Gasteiger partial charge in [0.05, 0.1) is 0 Å². The molecule has 0 aliphatic heterocycles. The lowest BCUT2D eigenvalue weighted by Crippen LogP contribution is -2.56. The predicted octanol–water partition coefficient (Wildman–Crippen LogP) is 3.91. The fraction of sp³-hybridized carbons (Fsp3) is 1.00. The van der Waals surface area contributed by atoms with Crippen LogP contribution in [0, 0.1) is 17.8 Å². The Bertz CT molecular complexity index is 289. The van der Waals surface area contributed by atoms with Gasteiger partial charge >= 0.3 is 0 Å². The highest BCUT2D eigenvalue weighted by atomic mass is 15.2. The standard InChI is InChI=1S/C18H36N2/c1-13(2)15-10-11-16(19-4)18(12-15)20(5)17-9-7-6-8-14(17)3/h13-19H,6-12H2,1-5H3. The molecule has 0 amide bonds. The molecule has 2 aliphatic rings. The Hall–Kier alpha value is -0.0800. The molecule has 0 aromatic heterocycles. The number of rotatable bonds is 4. The average Bonchev–Trinajstić information content (AvgIpc) is 2.46. The molecule has 2 heteroatoms. The van der Waals surface area contributed by atoms with E-state index in [2.05, 4.69) is 45.1 Å². The molecule has 2 rings (SSSR count). The number of hydrogen-bond acceptors (Lipinski definition) is 2. The summed E-state index contributed by atoms with van der Waals surface area (Å²) >= 11 is 0. The Balaban J connectivity index is 2.05. The fourth-order valence-corrected chi connectivity index (χ4v) is 4.72. The molecule has 0 spiro atoms. The van der Waals surface area contributed by atoms with Crippen molar-refractivity contribution in [2.75, 3.05) is 14.1 Å². The number of likely N-dealkylation sites (N-methyl/N-ethyl adjacent to an activating group) is 2. The van der Waals surface area contributed by atoms with Crippen LogP contribution in [-0.4, -0.2) is 37.1 Å². The first-order valence-electron chi connectivity index (χ1n) is 8.93. The van der Waals surface area contributed by atoms with Crippen molar-refractivity contribution < 1.29 is 0 Å². The van der Waals surface area contributed by atoms with Gasteiger partial charge in [0.15, 0.2) is 0 Å². The second-order valence-electron chi connectivity index (χ2n) is 7.77. The molecule has 5 atom stereocenters. The van der Waals surface area contributed by atoms with E-state index in [4.69, 9.17) is 0 Å². The van der Waals surface area contributed by atoms with Crippen LogP contribution < -0.4 is 5.32 Å². The van der Waals surface area contributed by atoms with E-state index < -0.39 is 0 Å². The minimum absolute atomic E-state index is 0.698. The van der Waals surface area contributed by atoms with E-state index in [1.165, 1.54) is 44.9 Å².